The van der Waals surface area contributed by atoms with Gasteiger partial charge in [-0.2, -0.15) is 5.10 Å². The summed E-state index contributed by atoms with van der Waals surface area (Å²) >= 11 is 5.26. The van der Waals surface area contributed by atoms with Crippen LogP contribution in [0, 0.1) is 17.5 Å². The molecule has 3 rings (SSSR count). The summed E-state index contributed by atoms with van der Waals surface area (Å²) < 4.78 is 20.6. The Bertz CT molecular complexity index is 1010. The first-order valence-corrected chi connectivity index (χ1v) is 8.83. The molecule has 0 aliphatic rings. The fourth-order valence-electron chi connectivity index (χ4n) is 2.65. The van der Waals surface area contributed by atoms with Gasteiger partial charge in [-0.05, 0) is 74.1 Å². The fourth-order valence-corrected chi connectivity index (χ4v) is 2.85. The molecule has 0 saturated carbocycles. The normalized spacial score (nSPS) is 10.6. The molecule has 0 aliphatic carbocycles. The van der Waals surface area contributed by atoms with Gasteiger partial charge in [0, 0.05) is 11.3 Å². The average molecular weight is 386 g/mol. The molecular formula is C19H19FN4O2S. The summed E-state index contributed by atoms with van der Waals surface area (Å²) in [4.78, 5) is 12.5. The minimum absolute atomic E-state index is 0.0192. The van der Waals surface area contributed by atoms with Crippen molar-refractivity contribution in [1.82, 2.24) is 14.8 Å². The Morgan fingerprint density at radius 2 is 2.04 bits per heavy atom. The van der Waals surface area contributed by atoms with Gasteiger partial charge < -0.3 is 10.1 Å². The van der Waals surface area contributed by atoms with Gasteiger partial charge in [0.25, 0.3) is 0 Å². The number of hydrogen-bond acceptors (Lipinski definition) is 4. The van der Waals surface area contributed by atoms with Crippen LogP contribution in [0.4, 0.5) is 10.1 Å². The number of carbonyl (C=O) groups excluding carboxylic acids is 1. The van der Waals surface area contributed by atoms with Gasteiger partial charge in [0.05, 0.1) is 6.61 Å². The molecule has 0 atom stereocenters. The van der Waals surface area contributed by atoms with E-state index in [0.29, 0.717) is 28.5 Å². The molecular weight excluding hydrogens is 367 g/mol. The van der Waals surface area contributed by atoms with Crippen molar-refractivity contribution in [2.75, 3.05) is 11.9 Å². The number of amides is 1. The fraction of sp³-hybridized carbons (Fsp3) is 0.211. The lowest BCUT2D eigenvalue weighted by molar-refractivity contribution is -0.116. The van der Waals surface area contributed by atoms with E-state index >= 15 is 0 Å². The zero-order chi connectivity index (χ0) is 19.4. The quantitative estimate of drug-likeness (QED) is 0.626. The first kappa shape index (κ1) is 18.8. The number of ether oxygens (including phenoxy) is 1. The van der Waals surface area contributed by atoms with E-state index in [-0.39, 0.29) is 18.3 Å². The number of aryl methyl sites for hydroxylation is 1. The summed E-state index contributed by atoms with van der Waals surface area (Å²) in [6.45, 7) is 4.21. The van der Waals surface area contributed by atoms with Gasteiger partial charge in [-0.1, -0.05) is 0 Å². The number of aromatic amines is 1. The zero-order valence-corrected chi connectivity index (χ0v) is 15.8. The van der Waals surface area contributed by atoms with E-state index in [4.69, 9.17) is 17.0 Å². The number of benzene rings is 2. The van der Waals surface area contributed by atoms with Gasteiger partial charge in [0.15, 0.2) is 10.6 Å². The lowest BCUT2D eigenvalue weighted by Crippen LogP contribution is -2.20. The van der Waals surface area contributed by atoms with E-state index in [1.54, 1.807) is 11.5 Å². The maximum atomic E-state index is 13.2. The standard InChI is InChI=1S/C19H19FN4O2S/c1-3-26-15-7-4-13(5-8-15)18-22-23-19(27)24(18)11-17(25)21-16-9-6-14(20)10-12(16)2/h4-10H,3,11H2,1-2H3,(H,21,25)(H,23,27). The number of aromatic nitrogens is 3. The Kier molecular flexibility index (Phi) is 5.66. The van der Waals surface area contributed by atoms with Crippen molar-refractivity contribution in [3.8, 4) is 17.1 Å². The largest absolute Gasteiger partial charge is 0.494 e. The molecule has 8 heteroatoms. The predicted octanol–water partition coefficient (Wildman–Crippen LogP) is 4.09. The summed E-state index contributed by atoms with van der Waals surface area (Å²) in [6.07, 6.45) is 0. The van der Waals surface area contributed by atoms with Gasteiger partial charge in [-0.25, -0.2) is 4.39 Å². The smallest absolute Gasteiger partial charge is 0.244 e. The molecule has 0 spiro atoms. The highest BCUT2D eigenvalue weighted by Gasteiger charge is 2.13. The van der Waals surface area contributed by atoms with Crippen LogP contribution in [0.2, 0.25) is 0 Å². The number of hydrogen-bond donors (Lipinski definition) is 2. The van der Waals surface area contributed by atoms with Gasteiger partial charge in [-0.3, -0.25) is 14.5 Å². The maximum Gasteiger partial charge on any atom is 0.244 e. The topological polar surface area (TPSA) is 71.9 Å². The van der Waals surface area contributed by atoms with E-state index < -0.39 is 0 Å². The highest BCUT2D eigenvalue weighted by atomic mass is 32.1. The van der Waals surface area contributed by atoms with Crippen LogP contribution in [0.15, 0.2) is 42.5 Å². The van der Waals surface area contributed by atoms with Gasteiger partial charge in [-0.15, -0.1) is 0 Å². The summed E-state index contributed by atoms with van der Waals surface area (Å²) in [5.41, 5.74) is 2.00. The number of anilines is 1. The molecule has 6 nitrogen and oxygen atoms in total. The molecule has 3 aromatic rings. The SMILES string of the molecule is CCOc1ccc(-c2n[nH]c(=S)n2CC(=O)Nc2ccc(F)cc2C)cc1. The molecule has 0 saturated heterocycles. The highest BCUT2D eigenvalue weighted by Crippen LogP contribution is 2.21. The second-order valence-electron chi connectivity index (χ2n) is 5.90. The van der Waals surface area contributed by atoms with Crippen LogP contribution < -0.4 is 10.1 Å². The lowest BCUT2D eigenvalue weighted by atomic mass is 10.2. The molecule has 0 unspecified atom stereocenters. The Morgan fingerprint density at radius 3 is 2.70 bits per heavy atom. The van der Waals surface area contributed by atoms with Crippen molar-refractivity contribution >= 4 is 23.8 Å². The van der Waals surface area contributed by atoms with E-state index in [9.17, 15) is 9.18 Å². The first-order chi connectivity index (χ1) is 13.0. The van der Waals surface area contributed by atoms with Crippen molar-refractivity contribution in [1.29, 1.82) is 0 Å². The summed E-state index contributed by atoms with van der Waals surface area (Å²) in [5.74, 6) is 0.676. The molecule has 1 heterocycles. The van der Waals surface area contributed by atoms with Crippen molar-refractivity contribution in [2.45, 2.75) is 20.4 Å². The number of halogens is 1. The van der Waals surface area contributed by atoms with Crippen molar-refractivity contribution < 1.29 is 13.9 Å². The molecule has 27 heavy (non-hydrogen) atoms. The minimum Gasteiger partial charge on any atom is -0.494 e. The zero-order valence-electron chi connectivity index (χ0n) is 15.0. The van der Waals surface area contributed by atoms with E-state index in [0.717, 1.165) is 11.3 Å². The van der Waals surface area contributed by atoms with Crippen LogP contribution in [-0.2, 0) is 11.3 Å². The Labute approximate surface area is 161 Å². The molecule has 2 N–H and O–H groups in total. The monoisotopic (exact) mass is 386 g/mol. The van der Waals surface area contributed by atoms with Gasteiger partial charge >= 0.3 is 0 Å². The van der Waals surface area contributed by atoms with Crippen LogP contribution >= 0.6 is 12.2 Å². The van der Waals surface area contributed by atoms with Crippen LogP contribution in [0.1, 0.15) is 12.5 Å². The van der Waals surface area contributed by atoms with E-state index in [2.05, 4.69) is 15.5 Å². The molecule has 140 valence electrons. The van der Waals surface area contributed by atoms with Crippen molar-refractivity contribution in [3.63, 3.8) is 0 Å². The molecule has 1 amide bonds. The average Bonchev–Trinajstić information content (AvgIpc) is 2.99. The third-order valence-corrected chi connectivity index (χ3v) is 4.26. The third-order valence-electron chi connectivity index (χ3n) is 3.95. The first-order valence-electron chi connectivity index (χ1n) is 8.42. The molecule has 0 aliphatic heterocycles. The summed E-state index contributed by atoms with van der Waals surface area (Å²) in [6, 6.07) is 11.6. The second-order valence-corrected chi connectivity index (χ2v) is 6.29. The highest BCUT2D eigenvalue weighted by molar-refractivity contribution is 7.71. The van der Waals surface area contributed by atoms with Crippen molar-refractivity contribution in [2.24, 2.45) is 0 Å². The molecule has 0 fully saturated rings. The van der Waals surface area contributed by atoms with Gasteiger partial charge in [0.2, 0.25) is 5.91 Å². The van der Waals surface area contributed by atoms with Crippen molar-refractivity contribution in [3.05, 3.63) is 58.6 Å². The molecule has 1 aromatic heterocycles. The summed E-state index contributed by atoms with van der Waals surface area (Å²) in [5, 5.41) is 9.72. The van der Waals surface area contributed by atoms with E-state index in [1.807, 2.05) is 31.2 Å². The third kappa shape index (κ3) is 4.40. The molecule has 0 bridgehead atoms. The van der Waals surface area contributed by atoms with Crippen LogP contribution in [-0.4, -0.2) is 27.3 Å². The number of nitrogens with one attached hydrogen (secondary N) is 2. The van der Waals surface area contributed by atoms with E-state index in [1.165, 1.54) is 18.2 Å². The molecule has 2 aromatic carbocycles. The Hall–Kier alpha value is -3.00. The minimum atomic E-state index is -0.347. The summed E-state index contributed by atoms with van der Waals surface area (Å²) in [7, 11) is 0. The van der Waals surface area contributed by atoms with Gasteiger partial charge in [0.1, 0.15) is 18.1 Å². The number of carbonyl (C=O) groups is 1. The second kappa shape index (κ2) is 8.13. The van der Waals surface area contributed by atoms with Crippen LogP contribution in [0.25, 0.3) is 11.4 Å². The predicted molar refractivity (Wildman–Crippen MR) is 104 cm³/mol. The molecule has 0 radical (unpaired) electrons. The number of H-pyrrole nitrogens is 1. The Balaban J connectivity index is 1.80. The Morgan fingerprint density at radius 1 is 1.30 bits per heavy atom. The number of nitrogens with zero attached hydrogens (tertiary/aromatic N) is 2. The number of rotatable bonds is 6. The van der Waals surface area contributed by atoms with Crippen LogP contribution in [0.5, 0.6) is 5.75 Å². The van der Waals surface area contributed by atoms with Crippen LogP contribution in [0.3, 0.4) is 0 Å². The maximum absolute atomic E-state index is 13.2. The lowest BCUT2D eigenvalue weighted by Gasteiger charge is -2.10.